The Balaban J connectivity index is 1.65. The summed E-state index contributed by atoms with van der Waals surface area (Å²) in [6.07, 6.45) is 0. The predicted molar refractivity (Wildman–Crippen MR) is 108 cm³/mol. The van der Waals surface area contributed by atoms with E-state index in [4.69, 9.17) is 0 Å². The Morgan fingerprint density at radius 1 is 1.07 bits per heavy atom. The molecule has 2 aromatic rings. The van der Waals surface area contributed by atoms with Crippen LogP contribution in [0.15, 0.2) is 42.5 Å². The van der Waals surface area contributed by atoms with Gasteiger partial charge in [-0.1, -0.05) is 12.1 Å². The molecule has 4 amide bonds. The first-order valence-electron chi connectivity index (χ1n) is 9.31. The van der Waals surface area contributed by atoms with Gasteiger partial charge < -0.3 is 16.0 Å². The fourth-order valence-corrected chi connectivity index (χ4v) is 3.17. The third kappa shape index (κ3) is 4.31. The zero-order chi connectivity index (χ0) is 20.1. The highest BCUT2D eigenvalue weighted by Crippen LogP contribution is 2.23. The van der Waals surface area contributed by atoms with E-state index >= 15 is 0 Å². The Morgan fingerprint density at radius 2 is 1.82 bits per heavy atom. The van der Waals surface area contributed by atoms with Gasteiger partial charge in [-0.25, -0.2) is 4.79 Å². The fourth-order valence-electron chi connectivity index (χ4n) is 3.17. The lowest BCUT2D eigenvalue weighted by Gasteiger charge is -2.17. The molecule has 7 heteroatoms. The number of hydrogen-bond acceptors (Lipinski definition) is 3. The SMILES string of the molecule is CCNC(=O)c1cccc(CNC(=O)c2ccc(N3CCNC3=O)c(C)c2)c1. The van der Waals surface area contributed by atoms with Crippen LogP contribution in [-0.4, -0.2) is 37.5 Å². The van der Waals surface area contributed by atoms with Crippen LogP contribution in [-0.2, 0) is 6.54 Å². The second-order valence-electron chi connectivity index (χ2n) is 6.63. The zero-order valence-electron chi connectivity index (χ0n) is 16.0. The lowest BCUT2D eigenvalue weighted by molar-refractivity contribution is 0.0947. The summed E-state index contributed by atoms with van der Waals surface area (Å²) >= 11 is 0. The third-order valence-electron chi connectivity index (χ3n) is 4.59. The molecule has 0 bridgehead atoms. The molecule has 0 atom stereocenters. The van der Waals surface area contributed by atoms with Crippen LogP contribution in [0.2, 0.25) is 0 Å². The van der Waals surface area contributed by atoms with Crippen molar-refractivity contribution in [3.05, 3.63) is 64.7 Å². The minimum atomic E-state index is -0.205. The number of urea groups is 1. The molecule has 1 aliphatic rings. The molecule has 0 aromatic heterocycles. The highest BCUT2D eigenvalue weighted by molar-refractivity contribution is 5.98. The van der Waals surface area contributed by atoms with Crippen molar-refractivity contribution < 1.29 is 14.4 Å². The number of carbonyl (C=O) groups is 3. The molecule has 146 valence electrons. The predicted octanol–water partition coefficient (Wildman–Crippen LogP) is 2.20. The summed E-state index contributed by atoms with van der Waals surface area (Å²) in [7, 11) is 0. The topological polar surface area (TPSA) is 90.5 Å². The van der Waals surface area contributed by atoms with Gasteiger partial charge in [0.1, 0.15) is 0 Å². The van der Waals surface area contributed by atoms with Gasteiger partial charge in [-0.2, -0.15) is 0 Å². The molecule has 0 aliphatic carbocycles. The maximum absolute atomic E-state index is 12.5. The van der Waals surface area contributed by atoms with Gasteiger partial charge in [-0.3, -0.25) is 14.5 Å². The summed E-state index contributed by atoms with van der Waals surface area (Å²) in [4.78, 5) is 37.9. The first-order valence-corrected chi connectivity index (χ1v) is 9.31. The average molecular weight is 380 g/mol. The second-order valence-corrected chi connectivity index (χ2v) is 6.63. The van der Waals surface area contributed by atoms with Gasteiger partial charge in [0, 0.05) is 43.0 Å². The number of anilines is 1. The normalized spacial score (nSPS) is 13.2. The van der Waals surface area contributed by atoms with Gasteiger partial charge in [0.15, 0.2) is 0 Å². The van der Waals surface area contributed by atoms with Crippen LogP contribution in [0.4, 0.5) is 10.5 Å². The Morgan fingerprint density at radius 3 is 2.50 bits per heavy atom. The first kappa shape index (κ1) is 19.4. The van der Waals surface area contributed by atoms with E-state index in [1.165, 1.54) is 0 Å². The number of benzene rings is 2. The number of rotatable bonds is 6. The summed E-state index contributed by atoms with van der Waals surface area (Å²) in [6, 6.07) is 12.3. The van der Waals surface area contributed by atoms with Crippen LogP contribution in [0.1, 0.15) is 38.8 Å². The van der Waals surface area contributed by atoms with E-state index in [9.17, 15) is 14.4 Å². The summed E-state index contributed by atoms with van der Waals surface area (Å²) in [5, 5.41) is 8.40. The number of nitrogens with one attached hydrogen (secondary N) is 3. The van der Waals surface area contributed by atoms with Crippen molar-refractivity contribution in [2.75, 3.05) is 24.5 Å². The largest absolute Gasteiger partial charge is 0.352 e. The van der Waals surface area contributed by atoms with Crippen molar-refractivity contribution in [3.8, 4) is 0 Å². The van der Waals surface area contributed by atoms with Crippen LogP contribution in [0.5, 0.6) is 0 Å². The van der Waals surface area contributed by atoms with Gasteiger partial charge in [0.05, 0.1) is 0 Å². The number of amides is 4. The van der Waals surface area contributed by atoms with Crippen LogP contribution in [0.25, 0.3) is 0 Å². The number of nitrogens with zero attached hydrogens (tertiary/aromatic N) is 1. The third-order valence-corrected chi connectivity index (χ3v) is 4.59. The molecule has 0 unspecified atom stereocenters. The van der Waals surface area contributed by atoms with Gasteiger partial charge >= 0.3 is 6.03 Å². The summed E-state index contributed by atoms with van der Waals surface area (Å²) < 4.78 is 0. The molecule has 1 heterocycles. The van der Waals surface area contributed by atoms with Crippen molar-refractivity contribution >= 4 is 23.5 Å². The van der Waals surface area contributed by atoms with E-state index in [1.54, 1.807) is 41.3 Å². The second kappa shape index (κ2) is 8.56. The van der Waals surface area contributed by atoms with E-state index in [0.717, 1.165) is 16.8 Å². The van der Waals surface area contributed by atoms with Crippen molar-refractivity contribution in [2.45, 2.75) is 20.4 Å². The molecule has 7 nitrogen and oxygen atoms in total. The van der Waals surface area contributed by atoms with Crippen LogP contribution in [0.3, 0.4) is 0 Å². The van der Waals surface area contributed by atoms with Gasteiger partial charge in [-0.15, -0.1) is 0 Å². The van der Waals surface area contributed by atoms with Crippen molar-refractivity contribution in [1.29, 1.82) is 0 Å². The summed E-state index contributed by atoms with van der Waals surface area (Å²) in [6.45, 7) is 5.87. The summed E-state index contributed by atoms with van der Waals surface area (Å²) in [5.41, 5.74) is 3.61. The monoisotopic (exact) mass is 380 g/mol. The molecule has 1 fully saturated rings. The molecule has 3 N–H and O–H groups in total. The maximum Gasteiger partial charge on any atom is 0.322 e. The minimum absolute atomic E-state index is 0.118. The Labute approximate surface area is 164 Å². The molecule has 3 rings (SSSR count). The molecule has 1 aliphatic heterocycles. The van der Waals surface area contributed by atoms with Gasteiger partial charge in [0.25, 0.3) is 11.8 Å². The smallest absolute Gasteiger partial charge is 0.322 e. The Hall–Kier alpha value is -3.35. The van der Waals surface area contributed by atoms with E-state index in [0.29, 0.717) is 37.3 Å². The molecular formula is C21H24N4O3. The van der Waals surface area contributed by atoms with Crippen LogP contribution < -0.4 is 20.9 Å². The first-order chi connectivity index (χ1) is 13.5. The molecular weight excluding hydrogens is 356 g/mol. The quantitative estimate of drug-likeness (QED) is 0.718. The zero-order valence-corrected chi connectivity index (χ0v) is 16.0. The Kier molecular flexibility index (Phi) is 5.93. The molecule has 0 spiro atoms. The average Bonchev–Trinajstić information content (AvgIpc) is 3.12. The molecule has 2 aromatic carbocycles. The molecule has 28 heavy (non-hydrogen) atoms. The van der Waals surface area contributed by atoms with Crippen molar-refractivity contribution in [3.63, 3.8) is 0 Å². The lowest BCUT2D eigenvalue weighted by Crippen LogP contribution is -2.28. The van der Waals surface area contributed by atoms with Crippen molar-refractivity contribution in [2.24, 2.45) is 0 Å². The van der Waals surface area contributed by atoms with Gasteiger partial charge in [0.2, 0.25) is 0 Å². The van der Waals surface area contributed by atoms with Crippen LogP contribution in [0, 0.1) is 6.92 Å². The highest BCUT2D eigenvalue weighted by Gasteiger charge is 2.22. The van der Waals surface area contributed by atoms with E-state index < -0.39 is 0 Å². The van der Waals surface area contributed by atoms with E-state index in [1.807, 2.05) is 19.9 Å². The minimum Gasteiger partial charge on any atom is -0.352 e. The number of carbonyl (C=O) groups excluding carboxylic acids is 3. The lowest BCUT2D eigenvalue weighted by atomic mass is 10.1. The molecule has 1 saturated heterocycles. The van der Waals surface area contributed by atoms with Crippen LogP contribution >= 0.6 is 0 Å². The Bertz CT molecular complexity index is 910. The maximum atomic E-state index is 12.5. The highest BCUT2D eigenvalue weighted by atomic mass is 16.2. The standard InChI is InChI=1S/C21H24N4O3/c1-3-22-19(26)16-6-4-5-15(12-16)13-24-20(27)17-7-8-18(14(2)11-17)25-10-9-23-21(25)28/h4-8,11-12H,3,9-10,13H2,1-2H3,(H,22,26)(H,23,28)(H,24,27). The van der Waals surface area contributed by atoms with E-state index in [-0.39, 0.29) is 17.8 Å². The van der Waals surface area contributed by atoms with Gasteiger partial charge in [-0.05, 0) is 55.3 Å². The number of aryl methyl sites for hydroxylation is 1. The number of hydrogen-bond donors (Lipinski definition) is 3. The molecule has 0 saturated carbocycles. The fraction of sp³-hybridized carbons (Fsp3) is 0.286. The van der Waals surface area contributed by atoms with E-state index in [2.05, 4.69) is 16.0 Å². The summed E-state index contributed by atoms with van der Waals surface area (Å²) in [5.74, 6) is -0.336. The van der Waals surface area contributed by atoms with Crippen molar-refractivity contribution in [1.82, 2.24) is 16.0 Å². The molecule has 0 radical (unpaired) electrons.